The normalized spacial score (nSPS) is 32.2. The number of carbonyl (C=O) groups is 2. The molecule has 2 saturated heterocycles. The molecule has 0 radical (unpaired) electrons. The van der Waals surface area contributed by atoms with Crippen LogP contribution in [0.2, 0.25) is 0 Å². The van der Waals surface area contributed by atoms with Crippen LogP contribution in [0.1, 0.15) is 12.8 Å². The van der Waals surface area contributed by atoms with E-state index in [9.17, 15) is 14.7 Å². The second-order valence-corrected chi connectivity index (χ2v) is 4.91. The first kappa shape index (κ1) is 12.1. The van der Waals surface area contributed by atoms with Crippen molar-refractivity contribution in [3.8, 4) is 0 Å². The van der Waals surface area contributed by atoms with Gasteiger partial charge in [0.25, 0.3) is 0 Å². The first-order chi connectivity index (χ1) is 9.16. The third-order valence-corrected chi connectivity index (χ3v) is 3.79. The fourth-order valence-electron chi connectivity index (χ4n) is 2.99. The molecule has 2 aliphatic heterocycles. The molecule has 2 aliphatic rings. The number of nitrogens with one attached hydrogen (secondary N) is 1. The predicted molar refractivity (Wildman–Crippen MR) is 65.4 cm³/mol. The number of carboxylic acids is 1. The molecule has 4 atom stereocenters. The van der Waals surface area contributed by atoms with Crippen LogP contribution in [-0.4, -0.2) is 34.2 Å². The van der Waals surface area contributed by atoms with Crippen molar-refractivity contribution < 1.29 is 19.4 Å². The van der Waals surface area contributed by atoms with E-state index in [1.807, 2.05) is 0 Å². The fourth-order valence-corrected chi connectivity index (χ4v) is 2.99. The Bertz CT molecular complexity index is 505. The lowest BCUT2D eigenvalue weighted by Crippen LogP contribution is -2.40. The van der Waals surface area contributed by atoms with Gasteiger partial charge in [-0.1, -0.05) is 0 Å². The fraction of sp³-hybridized carbons (Fsp3) is 0.462. The molecule has 0 saturated carbocycles. The van der Waals surface area contributed by atoms with Gasteiger partial charge in [0.15, 0.2) is 0 Å². The molecular weight excluding hydrogens is 248 g/mol. The van der Waals surface area contributed by atoms with Crippen molar-refractivity contribution in [2.75, 3.05) is 5.32 Å². The minimum atomic E-state index is -0.960. The molecule has 6 nitrogen and oxygen atoms in total. The number of amides is 1. The Labute approximate surface area is 109 Å². The van der Waals surface area contributed by atoms with E-state index < -0.39 is 17.8 Å². The van der Waals surface area contributed by atoms with Gasteiger partial charge >= 0.3 is 5.97 Å². The lowest BCUT2D eigenvalue weighted by Gasteiger charge is -2.23. The molecule has 2 N–H and O–H groups in total. The Hall–Kier alpha value is -1.95. The summed E-state index contributed by atoms with van der Waals surface area (Å²) in [7, 11) is 0. The number of pyridine rings is 1. The molecule has 2 fully saturated rings. The molecule has 6 heteroatoms. The molecule has 1 aromatic rings. The van der Waals surface area contributed by atoms with Gasteiger partial charge in [0.2, 0.25) is 5.91 Å². The van der Waals surface area contributed by atoms with E-state index in [-0.39, 0.29) is 18.1 Å². The van der Waals surface area contributed by atoms with Crippen LogP contribution in [0.15, 0.2) is 24.5 Å². The Balaban J connectivity index is 1.77. The second kappa shape index (κ2) is 4.62. The molecule has 3 rings (SSSR count). The van der Waals surface area contributed by atoms with E-state index in [2.05, 4.69) is 10.3 Å². The maximum atomic E-state index is 12.2. The quantitative estimate of drug-likeness (QED) is 0.844. The number of nitrogens with zero attached hydrogens (tertiary/aromatic N) is 1. The van der Waals surface area contributed by atoms with Crippen molar-refractivity contribution in [1.29, 1.82) is 0 Å². The molecular formula is C13H14N2O4. The van der Waals surface area contributed by atoms with Crippen molar-refractivity contribution in [3.05, 3.63) is 24.5 Å². The smallest absolute Gasteiger partial charge is 0.310 e. The summed E-state index contributed by atoms with van der Waals surface area (Å²) in [5.74, 6) is -2.61. The maximum absolute atomic E-state index is 12.2. The Morgan fingerprint density at radius 2 is 2.05 bits per heavy atom. The summed E-state index contributed by atoms with van der Waals surface area (Å²) >= 11 is 0. The third kappa shape index (κ3) is 2.08. The molecule has 1 amide bonds. The zero-order chi connectivity index (χ0) is 13.4. The summed E-state index contributed by atoms with van der Waals surface area (Å²) in [6, 6.07) is 3.43. The minimum Gasteiger partial charge on any atom is -0.481 e. The second-order valence-electron chi connectivity index (χ2n) is 4.91. The largest absolute Gasteiger partial charge is 0.481 e. The van der Waals surface area contributed by atoms with E-state index in [0.717, 1.165) is 12.8 Å². The average molecular weight is 262 g/mol. The molecule has 2 bridgehead atoms. The van der Waals surface area contributed by atoms with E-state index in [0.29, 0.717) is 5.69 Å². The molecule has 1 aromatic heterocycles. The molecule has 0 aliphatic carbocycles. The number of hydrogen-bond acceptors (Lipinski definition) is 4. The summed E-state index contributed by atoms with van der Waals surface area (Å²) in [4.78, 5) is 27.4. The summed E-state index contributed by atoms with van der Waals surface area (Å²) in [6.45, 7) is 0. The Morgan fingerprint density at radius 1 is 1.32 bits per heavy atom. The summed E-state index contributed by atoms with van der Waals surface area (Å²) < 4.78 is 5.56. The van der Waals surface area contributed by atoms with Crippen LogP contribution >= 0.6 is 0 Å². The summed E-state index contributed by atoms with van der Waals surface area (Å²) in [5, 5.41) is 12.0. The predicted octanol–water partition coefficient (Wildman–Crippen LogP) is 0.898. The Morgan fingerprint density at radius 3 is 2.68 bits per heavy atom. The molecule has 0 spiro atoms. The number of rotatable bonds is 3. The minimum absolute atomic E-state index is 0.275. The number of aromatic nitrogens is 1. The van der Waals surface area contributed by atoms with Gasteiger partial charge in [-0.3, -0.25) is 14.6 Å². The molecule has 0 aromatic carbocycles. The zero-order valence-electron chi connectivity index (χ0n) is 10.2. The first-order valence-corrected chi connectivity index (χ1v) is 6.26. The topological polar surface area (TPSA) is 88.5 Å². The summed E-state index contributed by atoms with van der Waals surface area (Å²) in [6.07, 6.45) is 4.01. The van der Waals surface area contributed by atoms with Gasteiger partial charge in [0.1, 0.15) is 0 Å². The van der Waals surface area contributed by atoms with Crippen LogP contribution in [-0.2, 0) is 14.3 Å². The number of aliphatic carboxylic acids is 1. The zero-order valence-corrected chi connectivity index (χ0v) is 10.2. The van der Waals surface area contributed by atoms with Crippen LogP contribution in [0.5, 0.6) is 0 Å². The maximum Gasteiger partial charge on any atom is 0.310 e. The number of ether oxygens (including phenoxy) is 1. The van der Waals surface area contributed by atoms with E-state index >= 15 is 0 Å². The molecule has 3 heterocycles. The van der Waals surface area contributed by atoms with E-state index in [1.54, 1.807) is 18.3 Å². The Kier molecular flexibility index (Phi) is 2.94. The number of carbonyl (C=O) groups excluding carboxylic acids is 1. The van der Waals surface area contributed by atoms with Crippen molar-refractivity contribution in [1.82, 2.24) is 4.98 Å². The number of fused-ring (bicyclic) bond motifs is 2. The van der Waals surface area contributed by atoms with Gasteiger partial charge < -0.3 is 15.2 Å². The van der Waals surface area contributed by atoms with Gasteiger partial charge in [-0.05, 0) is 25.0 Å². The van der Waals surface area contributed by atoms with Crippen molar-refractivity contribution in [3.63, 3.8) is 0 Å². The van der Waals surface area contributed by atoms with Crippen LogP contribution in [0.4, 0.5) is 5.69 Å². The average Bonchev–Trinajstić information content (AvgIpc) is 2.99. The van der Waals surface area contributed by atoms with Gasteiger partial charge in [0, 0.05) is 6.20 Å². The monoisotopic (exact) mass is 262 g/mol. The highest BCUT2D eigenvalue weighted by atomic mass is 16.5. The van der Waals surface area contributed by atoms with Gasteiger partial charge in [-0.25, -0.2) is 0 Å². The lowest BCUT2D eigenvalue weighted by molar-refractivity contribution is -0.147. The van der Waals surface area contributed by atoms with Crippen molar-refractivity contribution >= 4 is 17.6 Å². The van der Waals surface area contributed by atoms with Gasteiger partial charge in [0.05, 0.1) is 35.9 Å². The van der Waals surface area contributed by atoms with Gasteiger partial charge in [-0.15, -0.1) is 0 Å². The highest BCUT2D eigenvalue weighted by Gasteiger charge is 2.55. The van der Waals surface area contributed by atoms with Gasteiger partial charge in [-0.2, -0.15) is 0 Å². The van der Waals surface area contributed by atoms with E-state index in [1.165, 1.54) is 6.20 Å². The summed E-state index contributed by atoms with van der Waals surface area (Å²) in [5.41, 5.74) is 0.569. The number of carboxylic acid groups (broad SMARTS) is 1. The molecule has 19 heavy (non-hydrogen) atoms. The SMILES string of the molecule is O=C(O)[C@H]1[C@H](C(=O)Nc2cccnc2)[C@H]2CC[C@H]1O2. The highest BCUT2D eigenvalue weighted by Crippen LogP contribution is 2.44. The van der Waals surface area contributed by atoms with Crippen molar-refractivity contribution in [2.45, 2.75) is 25.0 Å². The first-order valence-electron chi connectivity index (χ1n) is 6.26. The van der Waals surface area contributed by atoms with Crippen LogP contribution in [0.3, 0.4) is 0 Å². The van der Waals surface area contributed by atoms with Crippen LogP contribution in [0, 0.1) is 11.8 Å². The standard InChI is InChI=1S/C13H14N2O4/c16-12(15-7-2-1-5-14-6-7)10-8-3-4-9(19-8)11(10)13(17)18/h1-2,5-6,8-11H,3-4H2,(H,15,16)(H,17,18)/t8-,9-,10-,11-/m1/s1. The number of anilines is 1. The van der Waals surface area contributed by atoms with Crippen LogP contribution in [0.25, 0.3) is 0 Å². The van der Waals surface area contributed by atoms with Crippen molar-refractivity contribution in [2.24, 2.45) is 11.8 Å². The van der Waals surface area contributed by atoms with Crippen LogP contribution < -0.4 is 5.32 Å². The lowest BCUT2D eigenvalue weighted by atomic mass is 9.78. The van der Waals surface area contributed by atoms with E-state index in [4.69, 9.17) is 4.74 Å². The molecule has 100 valence electrons. The third-order valence-electron chi connectivity index (χ3n) is 3.79. The molecule has 0 unspecified atom stereocenters. The number of hydrogen-bond donors (Lipinski definition) is 2. The highest BCUT2D eigenvalue weighted by molar-refractivity contribution is 5.96.